The molecule has 6 rings (SSSR count). The molecule has 1 saturated carbocycles. The molecule has 0 radical (unpaired) electrons. The zero-order valence-corrected chi connectivity index (χ0v) is 18.2. The summed E-state index contributed by atoms with van der Waals surface area (Å²) in [6.07, 6.45) is 2.00. The average molecular weight is 448 g/mol. The van der Waals surface area contributed by atoms with E-state index in [4.69, 9.17) is 4.74 Å². The SMILES string of the molecule is COc1cccc2c1C(=O)c1c(O)c3c(c(O)c1C2=O)CC(C(=O)NC12CNCC1C2)CC3. The van der Waals surface area contributed by atoms with Crippen LogP contribution in [0.1, 0.15) is 55.8 Å². The summed E-state index contributed by atoms with van der Waals surface area (Å²) in [4.78, 5) is 39.6. The third-order valence-corrected chi connectivity index (χ3v) is 7.83. The molecule has 1 saturated heterocycles. The summed E-state index contributed by atoms with van der Waals surface area (Å²) in [5.41, 5.74) is 0.483. The second kappa shape index (κ2) is 6.81. The van der Waals surface area contributed by atoms with Gasteiger partial charge in [0.25, 0.3) is 0 Å². The smallest absolute Gasteiger partial charge is 0.223 e. The summed E-state index contributed by atoms with van der Waals surface area (Å²) >= 11 is 0. The largest absolute Gasteiger partial charge is 0.507 e. The lowest BCUT2D eigenvalue weighted by Gasteiger charge is -2.30. The van der Waals surface area contributed by atoms with Crippen LogP contribution in [0.15, 0.2) is 18.2 Å². The van der Waals surface area contributed by atoms with Crippen molar-refractivity contribution in [2.24, 2.45) is 11.8 Å². The fraction of sp³-hybridized carbons (Fsp3) is 0.400. The molecule has 1 heterocycles. The number of phenolic OH excluding ortho intramolecular Hbond substituents is 2. The number of amides is 1. The summed E-state index contributed by atoms with van der Waals surface area (Å²) in [6, 6.07) is 4.69. The summed E-state index contributed by atoms with van der Waals surface area (Å²) in [7, 11) is 1.41. The number of phenols is 2. The first kappa shape index (κ1) is 20.2. The molecule has 33 heavy (non-hydrogen) atoms. The lowest BCUT2D eigenvalue weighted by molar-refractivity contribution is -0.126. The van der Waals surface area contributed by atoms with Crippen molar-refractivity contribution in [3.8, 4) is 17.2 Å². The zero-order valence-electron chi connectivity index (χ0n) is 18.2. The van der Waals surface area contributed by atoms with Crippen molar-refractivity contribution >= 4 is 17.5 Å². The molecule has 3 aliphatic carbocycles. The minimum Gasteiger partial charge on any atom is -0.507 e. The van der Waals surface area contributed by atoms with Crippen molar-refractivity contribution in [2.45, 2.75) is 31.2 Å². The highest BCUT2D eigenvalue weighted by Gasteiger charge is 2.58. The molecule has 0 spiro atoms. The molecule has 8 heteroatoms. The topological polar surface area (TPSA) is 125 Å². The molecule has 1 aliphatic heterocycles. The Hall–Kier alpha value is -3.39. The van der Waals surface area contributed by atoms with Crippen LogP contribution in [0.25, 0.3) is 0 Å². The Morgan fingerprint density at radius 1 is 1.12 bits per heavy atom. The van der Waals surface area contributed by atoms with E-state index in [0.717, 1.165) is 19.5 Å². The Morgan fingerprint density at radius 3 is 2.58 bits per heavy atom. The zero-order chi connectivity index (χ0) is 23.1. The summed E-state index contributed by atoms with van der Waals surface area (Å²) in [5, 5.41) is 28.7. The fourth-order valence-electron chi connectivity index (χ4n) is 5.91. The van der Waals surface area contributed by atoms with Gasteiger partial charge in [-0.3, -0.25) is 14.4 Å². The molecule has 170 valence electrons. The first-order chi connectivity index (χ1) is 15.9. The molecule has 4 aliphatic rings. The van der Waals surface area contributed by atoms with Crippen molar-refractivity contribution in [3.63, 3.8) is 0 Å². The molecule has 3 atom stereocenters. The predicted molar refractivity (Wildman–Crippen MR) is 117 cm³/mol. The van der Waals surface area contributed by atoms with Crippen molar-refractivity contribution < 1.29 is 29.3 Å². The Bertz CT molecular complexity index is 1270. The highest BCUT2D eigenvalue weighted by molar-refractivity contribution is 6.31. The van der Waals surface area contributed by atoms with Gasteiger partial charge in [-0.25, -0.2) is 0 Å². The predicted octanol–water partition coefficient (Wildman–Crippen LogP) is 1.46. The van der Waals surface area contributed by atoms with E-state index in [2.05, 4.69) is 10.6 Å². The first-order valence-corrected chi connectivity index (χ1v) is 11.2. The van der Waals surface area contributed by atoms with Gasteiger partial charge >= 0.3 is 0 Å². The van der Waals surface area contributed by atoms with E-state index in [-0.39, 0.29) is 63.3 Å². The number of carbonyl (C=O) groups is 3. The van der Waals surface area contributed by atoms with E-state index in [0.29, 0.717) is 29.9 Å². The molecule has 0 bridgehead atoms. The Morgan fingerprint density at radius 2 is 1.88 bits per heavy atom. The number of ether oxygens (including phenoxy) is 1. The fourth-order valence-corrected chi connectivity index (χ4v) is 5.91. The summed E-state index contributed by atoms with van der Waals surface area (Å²) < 4.78 is 5.27. The van der Waals surface area contributed by atoms with Crippen molar-refractivity contribution in [2.75, 3.05) is 20.2 Å². The second-order valence-electron chi connectivity index (χ2n) is 9.56. The lowest BCUT2D eigenvalue weighted by Crippen LogP contribution is -2.45. The van der Waals surface area contributed by atoms with Crippen molar-refractivity contribution in [1.29, 1.82) is 0 Å². The maximum atomic E-state index is 13.3. The second-order valence-corrected chi connectivity index (χ2v) is 9.56. The molecular formula is C25H24N2O6. The maximum Gasteiger partial charge on any atom is 0.223 e. The molecule has 2 aromatic rings. The third kappa shape index (κ3) is 2.70. The number of benzene rings is 2. The molecule has 1 amide bonds. The van der Waals surface area contributed by atoms with Crippen molar-refractivity contribution in [3.05, 3.63) is 51.6 Å². The molecule has 3 unspecified atom stereocenters. The van der Waals surface area contributed by atoms with Gasteiger partial charge in [0.15, 0.2) is 5.78 Å². The average Bonchev–Trinajstić information content (AvgIpc) is 3.36. The molecule has 2 fully saturated rings. The van der Waals surface area contributed by atoms with E-state index in [1.807, 2.05) is 0 Å². The number of piperidine rings is 1. The number of ketones is 2. The maximum absolute atomic E-state index is 13.3. The van der Waals surface area contributed by atoms with Gasteiger partial charge in [0.1, 0.15) is 17.2 Å². The van der Waals surface area contributed by atoms with Crippen LogP contribution in [0.5, 0.6) is 17.2 Å². The van der Waals surface area contributed by atoms with E-state index in [1.165, 1.54) is 13.2 Å². The Kier molecular flexibility index (Phi) is 4.17. The van der Waals surface area contributed by atoms with Crippen LogP contribution >= 0.6 is 0 Å². The van der Waals surface area contributed by atoms with Crippen LogP contribution in [0.2, 0.25) is 0 Å². The van der Waals surface area contributed by atoms with Crippen molar-refractivity contribution in [1.82, 2.24) is 10.6 Å². The number of nitrogens with one attached hydrogen (secondary N) is 2. The van der Waals surface area contributed by atoms with E-state index in [1.54, 1.807) is 12.1 Å². The molecular weight excluding hydrogens is 424 g/mol. The van der Waals surface area contributed by atoms with E-state index < -0.39 is 11.6 Å². The number of rotatable bonds is 3. The highest BCUT2D eigenvalue weighted by Crippen LogP contribution is 2.49. The van der Waals surface area contributed by atoms with Crippen LogP contribution < -0.4 is 15.4 Å². The lowest BCUT2D eigenvalue weighted by atomic mass is 9.75. The molecule has 4 N–H and O–H groups in total. The normalized spacial score (nSPS) is 26.7. The number of hydrogen-bond acceptors (Lipinski definition) is 7. The van der Waals surface area contributed by atoms with Gasteiger partial charge in [0, 0.05) is 35.7 Å². The van der Waals surface area contributed by atoms with Crippen LogP contribution in [-0.4, -0.2) is 53.4 Å². The van der Waals surface area contributed by atoms with Crippen LogP contribution in [0, 0.1) is 11.8 Å². The van der Waals surface area contributed by atoms with Crippen LogP contribution in [-0.2, 0) is 17.6 Å². The van der Waals surface area contributed by atoms with Gasteiger partial charge in [0.2, 0.25) is 11.7 Å². The first-order valence-electron chi connectivity index (χ1n) is 11.2. The Labute approximate surface area is 189 Å². The van der Waals surface area contributed by atoms with Gasteiger partial charge in [-0.05, 0) is 37.7 Å². The molecule has 0 aromatic heterocycles. The minimum atomic E-state index is -0.555. The van der Waals surface area contributed by atoms with Gasteiger partial charge in [-0.15, -0.1) is 0 Å². The molecule has 8 nitrogen and oxygen atoms in total. The number of methoxy groups -OCH3 is 1. The summed E-state index contributed by atoms with van der Waals surface area (Å²) in [5.74, 6) is -1.43. The van der Waals surface area contributed by atoms with Crippen LogP contribution in [0.4, 0.5) is 0 Å². The number of carbonyl (C=O) groups excluding carboxylic acids is 3. The minimum absolute atomic E-state index is 0.0686. The van der Waals surface area contributed by atoms with Gasteiger partial charge < -0.3 is 25.6 Å². The van der Waals surface area contributed by atoms with Gasteiger partial charge in [-0.1, -0.05) is 12.1 Å². The third-order valence-electron chi connectivity index (χ3n) is 7.83. The quantitative estimate of drug-likeness (QED) is 0.447. The standard InChI is InChI=1S/C25H24N2O6/c1-33-16-4-2-3-14-17(16)23(31)19-18(21(14)29)22(30)15-7-11(5-6-13(15)20(19)28)24(32)27-25-8-12(25)9-26-10-25/h2-4,11-12,26,28,30H,5-10H2,1H3,(H,27,32). The van der Waals surface area contributed by atoms with E-state index in [9.17, 15) is 24.6 Å². The van der Waals surface area contributed by atoms with Gasteiger partial charge in [-0.2, -0.15) is 0 Å². The monoisotopic (exact) mass is 448 g/mol. The van der Waals surface area contributed by atoms with Gasteiger partial charge in [0.05, 0.1) is 29.3 Å². The molecule has 2 aromatic carbocycles. The van der Waals surface area contributed by atoms with E-state index >= 15 is 0 Å². The number of hydrogen-bond donors (Lipinski definition) is 4. The number of aromatic hydroxyl groups is 2. The highest BCUT2D eigenvalue weighted by atomic mass is 16.5. The number of fused-ring (bicyclic) bond motifs is 4. The summed E-state index contributed by atoms with van der Waals surface area (Å²) in [6.45, 7) is 1.68. The Balaban J connectivity index is 1.39. The van der Waals surface area contributed by atoms with Crippen LogP contribution in [0.3, 0.4) is 0 Å².